The van der Waals surface area contributed by atoms with Crippen LogP contribution in [0.4, 0.5) is 5.69 Å². The summed E-state index contributed by atoms with van der Waals surface area (Å²) in [6, 6.07) is 23.2. The molecule has 0 radical (unpaired) electrons. The lowest BCUT2D eigenvalue weighted by atomic mass is 10.0. The van der Waals surface area contributed by atoms with Crippen LogP contribution in [0.1, 0.15) is 16.7 Å². The molecule has 0 saturated heterocycles. The van der Waals surface area contributed by atoms with E-state index in [4.69, 9.17) is 9.73 Å². The first kappa shape index (κ1) is 14.7. The summed E-state index contributed by atoms with van der Waals surface area (Å²) < 4.78 is 5.87. The van der Waals surface area contributed by atoms with Crippen molar-refractivity contribution < 1.29 is 4.74 Å². The lowest BCUT2D eigenvalue weighted by Crippen LogP contribution is -2.16. The Labute approximate surface area is 142 Å². The predicted octanol–water partition coefficient (Wildman–Crippen LogP) is 5.48. The van der Waals surface area contributed by atoms with Crippen molar-refractivity contribution in [2.24, 2.45) is 4.99 Å². The Morgan fingerprint density at radius 1 is 0.708 bits per heavy atom. The van der Waals surface area contributed by atoms with Crippen LogP contribution < -0.4 is 4.74 Å². The molecule has 0 saturated carbocycles. The fraction of sp³-hybridized carbons (Fsp3) is 0.136. The van der Waals surface area contributed by atoms with Crippen molar-refractivity contribution in [3.05, 3.63) is 83.4 Å². The van der Waals surface area contributed by atoms with Gasteiger partial charge in [-0.2, -0.15) is 0 Å². The molecule has 2 nitrogen and oxygen atoms in total. The second-order valence-electron chi connectivity index (χ2n) is 6.26. The van der Waals surface area contributed by atoms with Crippen molar-refractivity contribution in [1.29, 1.82) is 0 Å². The van der Waals surface area contributed by atoms with E-state index in [0.717, 1.165) is 22.7 Å². The van der Waals surface area contributed by atoms with Crippen LogP contribution in [-0.4, -0.2) is 12.3 Å². The van der Waals surface area contributed by atoms with Crippen molar-refractivity contribution in [2.75, 3.05) is 6.61 Å². The molecule has 0 fully saturated rings. The molecule has 0 bridgehead atoms. The number of nitrogens with zero attached hydrogens (tertiary/aromatic N) is 1. The lowest BCUT2D eigenvalue weighted by molar-refractivity contribution is 0.372. The molecule has 3 aromatic rings. The molecule has 118 valence electrons. The van der Waals surface area contributed by atoms with Crippen LogP contribution in [0.15, 0.2) is 71.7 Å². The molecule has 0 atom stereocenters. The highest BCUT2D eigenvalue weighted by molar-refractivity contribution is 6.04. The van der Waals surface area contributed by atoms with Crippen LogP contribution in [-0.2, 0) is 0 Å². The molecule has 0 aromatic heterocycles. The van der Waals surface area contributed by atoms with Gasteiger partial charge in [0, 0.05) is 0 Å². The molecule has 0 N–H and O–H groups in total. The van der Waals surface area contributed by atoms with Crippen molar-refractivity contribution >= 4 is 11.4 Å². The third-order valence-corrected chi connectivity index (χ3v) is 4.34. The van der Waals surface area contributed by atoms with Gasteiger partial charge in [-0.15, -0.1) is 0 Å². The van der Waals surface area contributed by atoms with Gasteiger partial charge in [0.05, 0.1) is 5.71 Å². The highest BCUT2D eigenvalue weighted by atomic mass is 16.5. The highest BCUT2D eigenvalue weighted by Gasteiger charge is 2.14. The fourth-order valence-electron chi connectivity index (χ4n) is 2.90. The minimum atomic E-state index is 0.514. The molecule has 4 rings (SSSR count). The quantitative estimate of drug-likeness (QED) is 0.613. The summed E-state index contributed by atoms with van der Waals surface area (Å²) in [5, 5.41) is 0. The van der Waals surface area contributed by atoms with Crippen LogP contribution >= 0.6 is 0 Å². The van der Waals surface area contributed by atoms with E-state index >= 15 is 0 Å². The Morgan fingerprint density at radius 2 is 1.29 bits per heavy atom. The Hall–Kier alpha value is -2.87. The standard InChI is InChI=1S/C22H19NO/c1-15-3-6-17(7-4-15)18-8-10-19(11-9-18)21-14-24-22-13-16(2)5-12-20(22)23-21/h3-13H,14H2,1-2H3. The molecule has 3 aromatic carbocycles. The number of rotatable bonds is 2. The number of aryl methyl sites for hydroxylation is 2. The van der Waals surface area contributed by atoms with E-state index < -0.39 is 0 Å². The summed E-state index contributed by atoms with van der Waals surface area (Å²) in [6.07, 6.45) is 0. The maximum Gasteiger partial charge on any atom is 0.145 e. The maximum atomic E-state index is 5.87. The third kappa shape index (κ3) is 2.83. The number of fused-ring (bicyclic) bond motifs is 1. The maximum absolute atomic E-state index is 5.87. The zero-order chi connectivity index (χ0) is 16.5. The van der Waals surface area contributed by atoms with E-state index in [1.54, 1.807) is 0 Å². The monoisotopic (exact) mass is 313 g/mol. The molecule has 1 aliphatic rings. The second kappa shape index (κ2) is 5.97. The van der Waals surface area contributed by atoms with Gasteiger partial charge < -0.3 is 4.74 Å². The van der Waals surface area contributed by atoms with Gasteiger partial charge in [0.2, 0.25) is 0 Å². The van der Waals surface area contributed by atoms with E-state index in [0.29, 0.717) is 6.61 Å². The fourth-order valence-corrected chi connectivity index (χ4v) is 2.90. The van der Waals surface area contributed by atoms with E-state index in [2.05, 4.69) is 68.4 Å². The number of hydrogen-bond acceptors (Lipinski definition) is 2. The number of hydrogen-bond donors (Lipinski definition) is 0. The van der Waals surface area contributed by atoms with Crippen LogP contribution in [0.3, 0.4) is 0 Å². The van der Waals surface area contributed by atoms with Gasteiger partial charge in [0.15, 0.2) is 0 Å². The summed E-state index contributed by atoms with van der Waals surface area (Å²) >= 11 is 0. The zero-order valence-electron chi connectivity index (χ0n) is 13.9. The SMILES string of the molecule is Cc1ccc(-c2ccc(C3=Nc4ccc(C)cc4OC3)cc2)cc1. The first-order valence-corrected chi connectivity index (χ1v) is 8.17. The molecule has 0 amide bonds. The summed E-state index contributed by atoms with van der Waals surface area (Å²) in [7, 11) is 0. The zero-order valence-corrected chi connectivity index (χ0v) is 13.9. The first-order chi connectivity index (χ1) is 11.7. The lowest BCUT2D eigenvalue weighted by Gasteiger charge is -2.17. The Balaban J connectivity index is 1.63. The minimum Gasteiger partial charge on any atom is -0.485 e. The minimum absolute atomic E-state index is 0.514. The van der Waals surface area contributed by atoms with E-state index in [9.17, 15) is 0 Å². The molecule has 2 heteroatoms. The van der Waals surface area contributed by atoms with Gasteiger partial charge in [0.1, 0.15) is 18.0 Å². The number of benzene rings is 3. The van der Waals surface area contributed by atoms with Crippen LogP contribution in [0.2, 0.25) is 0 Å². The summed E-state index contributed by atoms with van der Waals surface area (Å²) in [5.74, 6) is 0.870. The largest absolute Gasteiger partial charge is 0.485 e. The van der Waals surface area contributed by atoms with Gasteiger partial charge in [-0.05, 0) is 48.2 Å². The van der Waals surface area contributed by atoms with Gasteiger partial charge in [0.25, 0.3) is 0 Å². The first-order valence-electron chi connectivity index (χ1n) is 8.17. The molecular formula is C22H19NO. The Kier molecular flexibility index (Phi) is 3.66. The van der Waals surface area contributed by atoms with Crippen LogP contribution in [0.5, 0.6) is 5.75 Å². The summed E-state index contributed by atoms with van der Waals surface area (Å²) in [6.45, 7) is 4.68. The van der Waals surface area contributed by atoms with Gasteiger partial charge in [-0.1, -0.05) is 60.2 Å². The molecule has 24 heavy (non-hydrogen) atoms. The van der Waals surface area contributed by atoms with Crippen molar-refractivity contribution in [2.45, 2.75) is 13.8 Å². The van der Waals surface area contributed by atoms with Gasteiger partial charge in [-0.3, -0.25) is 0 Å². The van der Waals surface area contributed by atoms with Crippen LogP contribution in [0, 0.1) is 13.8 Å². The molecule has 0 spiro atoms. The van der Waals surface area contributed by atoms with Crippen molar-refractivity contribution in [1.82, 2.24) is 0 Å². The van der Waals surface area contributed by atoms with Crippen molar-refractivity contribution in [3.63, 3.8) is 0 Å². The predicted molar refractivity (Wildman–Crippen MR) is 99.5 cm³/mol. The molecule has 0 unspecified atom stereocenters. The Morgan fingerprint density at radius 3 is 2.00 bits per heavy atom. The van der Waals surface area contributed by atoms with E-state index in [1.165, 1.54) is 22.3 Å². The topological polar surface area (TPSA) is 21.6 Å². The smallest absolute Gasteiger partial charge is 0.145 e. The molecular weight excluding hydrogens is 294 g/mol. The average molecular weight is 313 g/mol. The van der Waals surface area contributed by atoms with E-state index in [1.807, 2.05) is 12.1 Å². The Bertz CT molecular complexity index is 906. The average Bonchev–Trinajstić information content (AvgIpc) is 2.62. The normalized spacial score (nSPS) is 13.0. The molecule has 0 aliphatic carbocycles. The highest BCUT2D eigenvalue weighted by Crippen LogP contribution is 2.32. The van der Waals surface area contributed by atoms with Gasteiger partial charge in [-0.25, -0.2) is 4.99 Å². The summed E-state index contributed by atoms with van der Waals surface area (Å²) in [4.78, 5) is 4.76. The number of aliphatic imine (C=N–C) groups is 1. The molecule has 1 heterocycles. The summed E-state index contributed by atoms with van der Waals surface area (Å²) in [5.41, 5.74) is 7.90. The van der Waals surface area contributed by atoms with Crippen LogP contribution in [0.25, 0.3) is 11.1 Å². The molecule has 1 aliphatic heterocycles. The number of ether oxygens (including phenoxy) is 1. The second-order valence-corrected chi connectivity index (χ2v) is 6.26. The van der Waals surface area contributed by atoms with Gasteiger partial charge >= 0.3 is 0 Å². The van der Waals surface area contributed by atoms with E-state index in [-0.39, 0.29) is 0 Å². The third-order valence-electron chi connectivity index (χ3n) is 4.34. The van der Waals surface area contributed by atoms with Crippen molar-refractivity contribution in [3.8, 4) is 16.9 Å².